The van der Waals surface area contributed by atoms with Crippen LogP contribution in [0, 0.1) is 0 Å². The number of benzene rings is 3. The summed E-state index contributed by atoms with van der Waals surface area (Å²) in [5, 5.41) is 39.1. The molecule has 0 unspecified atom stereocenters. The maximum absolute atomic E-state index is 12.4. The summed E-state index contributed by atoms with van der Waals surface area (Å²) in [5.74, 6) is -1.58. The lowest BCUT2D eigenvalue weighted by Gasteiger charge is -2.08. The van der Waals surface area contributed by atoms with Crippen LogP contribution in [-0.4, -0.2) is 38.8 Å². The number of rotatable bonds is 9. The van der Waals surface area contributed by atoms with E-state index in [1.165, 1.54) is 30.3 Å². The van der Waals surface area contributed by atoms with Crippen molar-refractivity contribution in [1.29, 1.82) is 0 Å². The van der Waals surface area contributed by atoms with Gasteiger partial charge in [-0.15, -0.1) is 0 Å². The molecule has 0 saturated carbocycles. The lowest BCUT2D eigenvalue weighted by Crippen LogP contribution is -2.01. The van der Waals surface area contributed by atoms with Gasteiger partial charge in [0.05, 0.1) is 6.61 Å². The average molecular weight is 410 g/mol. The van der Waals surface area contributed by atoms with Crippen LogP contribution in [0.5, 0.6) is 23.0 Å². The molecule has 3 rings (SSSR count). The van der Waals surface area contributed by atoms with Crippen LogP contribution in [-0.2, 0) is 0 Å². The number of aromatic carboxylic acids is 1. The number of carboxylic acids is 1. The minimum absolute atomic E-state index is 0.000403. The van der Waals surface area contributed by atoms with Gasteiger partial charge in [0.15, 0.2) is 17.3 Å². The summed E-state index contributed by atoms with van der Waals surface area (Å²) in [5.41, 5.74) is 0.374. The van der Waals surface area contributed by atoms with E-state index in [2.05, 4.69) is 0 Å². The monoisotopic (exact) mass is 410 g/mol. The maximum atomic E-state index is 12.4. The minimum Gasteiger partial charge on any atom is -0.507 e. The van der Waals surface area contributed by atoms with Crippen LogP contribution < -0.4 is 4.74 Å². The third kappa shape index (κ3) is 5.00. The van der Waals surface area contributed by atoms with Gasteiger partial charge >= 0.3 is 5.97 Å². The molecule has 7 nitrogen and oxygen atoms in total. The van der Waals surface area contributed by atoms with Crippen molar-refractivity contribution in [3.8, 4) is 23.0 Å². The predicted molar refractivity (Wildman–Crippen MR) is 111 cm³/mol. The number of carbonyl (C=O) groups is 2. The largest absolute Gasteiger partial charge is 0.507 e. The molecule has 3 aromatic carbocycles. The van der Waals surface area contributed by atoms with Gasteiger partial charge in [-0.3, -0.25) is 4.79 Å². The molecule has 0 amide bonds. The molecule has 3 aromatic rings. The van der Waals surface area contributed by atoms with Gasteiger partial charge in [0.1, 0.15) is 17.1 Å². The Bertz CT molecular complexity index is 1090. The zero-order valence-corrected chi connectivity index (χ0v) is 16.2. The first-order valence-electron chi connectivity index (χ1n) is 9.53. The number of fused-ring (bicyclic) bond motifs is 1. The number of ether oxygens (including phenoxy) is 1. The molecule has 30 heavy (non-hydrogen) atoms. The van der Waals surface area contributed by atoms with Crippen molar-refractivity contribution in [2.75, 3.05) is 6.61 Å². The highest BCUT2D eigenvalue weighted by Crippen LogP contribution is 2.31. The molecule has 0 spiro atoms. The summed E-state index contributed by atoms with van der Waals surface area (Å²) >= 11 is 0. The third-order valence-corrected chi connectivity index (χ3v) is 4.77. The van der Waals surface area contributed by atoms with Gasteiger partial charge in [0.2, 0.25) is 0 Å². The van der Waals surface area contributed by atoms with E-state index >= 15 is 0 Å². The van der Waals surface area contributed by atoms with Gasteiger partial charge in [0, 0.05) is 18.1 Å². The highest BCUT2D eigenvalue weighted by atomic mass is 16.5. The second-order valence-electron chi connectivity index (χ2n) is 6.97. The fourth-order valence-corrected chi connectivity index (χ4v) is 3.13. The molecule has 0 aliphatic heterocycles. The number of phenols is 3. The Labute approximate surface area is 172 Å². The Hall–Kier alpha value is -3.74. The van der Waals surface area contributed by atoms with Crippen LogP contribution in [0.25, 0.3) is 10.8 Å². The fraction of sp³-hybridized carbons (Fsp3) is 0.217. The van der Waals surface area contributed by atoms with Crippen LogP contribution >= 0.6 is 0 Å². The Morgan fingerprint density at radius 3 is 2.20 bits per heavy atom. The van der Waals surface area contributed by atoms with Crippen molar-refractivity contribution in [3.63, 3.8) is 0 Å². The summed E-state index contributed by atoms with van der Waals surface area (Å²) < 4.78 is 5.50. The van der Waals surface area contributed by atoms with E-state index in [0.717, 1.165) is 11.8 Å². The van der Waals surface area contributed by atoms with E-state index in [4.69, 9.17) is 9.84 Å². The first kappa shape index (κ1) is 21.0. The van der Waals surface area contributed by atoms with E-state index in [1.807, 2.05) is 0 Å². The maximum Gasteiger partial charge on any atom is 0.339 e. The summed E-state index contributed by atoms with van der Waals surface area (Å²) in [7, 11) is 0. The van der Waals surface area contributed by atoms with Crippen LogP contribution in [0.15, 0.2) is 48.5 Å². The second kappa shape index (κ2) is 9.17. The molecule has 0 aliphatic rings. The number of aromatic hydroxyl groups is 3. The van der Waals surface area contributed by atoms with Gasteiger partial charge in [-0.25, -0.2) is 4.79 Å². The topological polar surface area (TPSA) is 124 Å². The van der Waals surface area contributed by atoms with Crippen molar-refractivity contribution < 1.29 is 34.8 Å². The normalized spacial score (nSPS) is 10.8. The molecule has 0 atom stereocenters. The zero-order chi connectivity index (χ0) is 21.7. The molecule has 7 heteroatoms. The molecule has 0 heterocycles. The fourth-order valence-electron chi connectivity index (χ4n) is 3.13. The van der Waals surface area contributed by atoms with Crippen molar-refractivity contribution in [1.82, 2.24) is 0 Å². The standard InChI is InChI=1S/C23H22O7/c24-19(15-6-5-14-11-21(26)22(27)12-16(14)10-15)4-2-1-3-9-30-17-7-8-18(23(28)29)20(25)13-17/h5-8,10-13,25-27H,1-4,9H2,(H,28,29). The van der Waals surface area contributed by atoms with Crippen molar-refractivity contribution in [2.45, 2.75) is 25.7 Å². The van der Waals surface area contributed by atoms with E-state index < -0.39 is 5.97 Å². The SMILES string of the molecule is O=C(CCCCCOc1ccc(C(=O)O)c(O)c1)c1ccc2cc(O)c(O)cc2c1. The number of hydrogen-bond donors (Lipinski definition) is 4. The van der Waals surface area contributed by atoms with Crippen molar-refractivity contribution in [2.24, 2.45) is 0 Å². The minimum atomic E-state index is -1.20. The molecule has 4 N–H and O–H groups in total. The van der Waals surface area contributed by atoms with Crippen LogP contribution in [0.3, 0.4) is 0 Å². The summed E-state index contributed by atoms with van der Waals surface area (Å²) in [6.07, 6.45) is 2.54. The number of hydrogen-bond acceptors (Lipinski definition) is 6. The van der Waals surface area contributed by atoms with E-state index in [1.54, 1.807) is 18.2 Å². The zero-order valence-electron chi connectivity index (χ0n) is 16.2. The smallest absolute Gasteiger partial charge is 0.339 e. The quantitative estimate of drug-likeness (QED) is 0.233. The van der Waals surface area contributed by atoms with E-state index in [9.17, 15) is 24.9 Å². The Morgan fingerprint density at radius 1 is 0.767 bits per heavy atom. The third-order valence-electron chi connectivity index (χ3n) is 4.77. The van der Waals surface area contributed by atoms with Gasteiger partial charge in [-0.1, -0.05) is 12.1 Å². The van der Waals surface area contributed by atoms with E-state index in [-0.39, 0.29) is 28.6 Å². The first-order valence-corrected chi connectivity index (χ1v) is 9.53. The summed E-state index contributed by atoms with van der Waals surface area (Å²) in [4.78, 5) is 23.3. The second-order valence-corrected chi connectivity index (χ2v) is 6.97. The summed E-state index contributed by atoms with van der Waals surface area (Å²) in [6, 6.07) is 12.1. The van der Waals surface area contributed by atoms with Crippen molar-refractivity contribution >= 4 is 22.5 Å². The van der Waals surface area contributed by atoms with Gasteiger partial charge in [-0.2, -0.15) is 0 Å². The molecule has 0 fully saturated rings. The predicted octanol–water partition coefficient (Wildman–Crippen LogP) is 4.48. The Kier molecular flexibility index (Phi) is 6.41. The first-order chi connectivity index (χ1) is 14.3. The summed E-state index contributed by atoms with van der Waals surface area (Å²) in [6.45, 7) is 0.388. The number of Topliss-reactive ketones (excluding diaryl/α,β-unsaturated/α-hetero) is 1. The molecule has 0 aromatic heterocycles. The molecule has 0 bridgehead atoms. The number of carbonyl (C=O) groups excluding carboxylic acids is 1. The lowest BCUT2D eigenvalue weighted by atomic mass is 10.0. The number of carboxylic acid groups (broad SMARTS) is 1. The van der Waals surface area contributed by atoms with Gasteiger partial charge in [-0.05, 0) is 60.4 Å². The van der Waals surface area contributed by atoms with Crippen LogP contribution in [0.1, 0.15) is 46.4 Å². The Morgan fingerprint density at radius 2 is 1.50 bits per heavy atom. The Balaban J connectivity index is 1.44. The number of ketones is 1. The molecular weight excluding hydrogens is 388 g/mol. The molecule has 0 aliphatic carbocycles. The molecule has 0 saturated heterocycles. The highest BCUT2D eigenvalue weighted by molar-refractivity contribution is 6.00. The van der Waals surface area contributed by atoms with Gasteiger partial charge < -0.3 is 25.2 Å². The van der Waals surface area contributed by atoms with Crippen LogP contribution in [0.2, 0.25) is 0 Å². The van der Waals surface area contributed by atoms with Crippen molar-refractivity contribution in [3.05, 3.63) is 59.7 Å². The lowest BCUT2D eigenvalue weighted by molar-refractivity contribution is 0.0693. The number of unbranched alkanes of at least 4 members (excludes halogenated alkanes) is 2. The van der Waals surface area contributed by atoms with Crippen LogP contribution in [0.4, 0.5) is 0 Å². The number of phenolic OH excluding ortho intramolecular Hbond substituents is 2. The van der Waals surface area contributed by atoms with E-state index in [0.29, 0.717) is 42.6 Å². The molecule has 0 radical (unpaired) electrons. The highest BCUT2D eigenvalue weighted by Gasteiger charge is 2.11. The van der Waals surface area contributed by atoms with Gasteiger partial charge in [0.25, 0.3) is 0 Å². The molecular formula is C23H22O7. The average Bonchev–Trinajstić information content (AvgIpc) is 2.70. The molecule has 156 valence electrons.